The minimum Gasteiger partial charge on any atom is -0.469 e. The molecule has 26 heavy (non-hydrogen) atoms. The van der Waals surface area contributed by atoms with Crippen molar-refractivity contribution in [2.75, 3.05) is 54.6 Å². The van der Waals surface area contributed by atoms with E-state index in [4.69, 9.17) is 0 Å². The molecule has 0 radical (unpaired) electrons. The number of rotatable bonds is 4. The van der Waals surface area contributed by atoms with E-state index in [1.807, 2.05) is 0 Å². The summed E-state index contributed by atoms with van der Waals surface area (Å²) in [6, 6.07) is 0. The molecule has 0 aliphatic carbocycles. The van der Waals surface area contributed by atoms with Gasteiger partial charge in [-0.15, -0.1) is 0 Å². The van der Waals surface area contributed by atoms with Crippen LogP contribution in [0.4, 0.5) is 0 Å². The van der Waals surface area contributed by atoms with Gasteiger partial charge in [0.05, 0.1) is 52.1 Å². The summed E-state index contributed by atoms with van der Waals surface area (Å²) in [5, 5.41) is 5.90. The molecule has 0 unspecified atom stereocenters. The summed E-state index contributed by atoms with van der Waals surface area (Å²) in [5.74, 6) is -3.06. The maximum Gasteiger partial charge on any atom is 0.310 e. The number of methoxy groups -OCH3 is 4. The number of nitrogens with one attached hydrogen (secondary N) is 2. The molecule has 2 aliphatic heterocycles. The van der Waals surface area contributed by atoms with E-state index in [1.165, 1.54) is 28.4 Å². The van der Waals surface area contributed by atoms with Crippen molar-refractivity contribution in [2.45, 2.75) is 0 Å². The average Bonchev–Trinajstić information content (AvgIpc) is 3.35. The molecule has 0 saturated carbocycles. The van der Waals surface area contributed by atoms with Crippen LogP contribution in [0.1, 0.15) is 0 Å². The van der Waals surface area contributed by atoms with Crippen LogP contribution >= 0.6 is 0 Å². The fourth-order valence-corrected chi connectivity index (χ4v) is 2.95. The molecule has 0 spiro atoms. The van der Waals surface area contributed by atoms with Crippen molar-refractivity contribution in [3.05, 3.63) is 0 Å². The van der Waals surface area contributed by atoms with Crippen LogP contribution in [-0.2, 0) is 38.1 Å². The second-order valence-corrected chi connectivity index (χ2v) is 5.84. The van der Waals surface area contributed by atoms with Gasteiger partial charge in [-0.2, -0.15) is 0 Å². The summed E-state index contributed by atoms with van der Waals surface area (Å²) >= 11 is 0. The van der Waals surface area contributed by atoms with Crippen LogP contribution in [0.3, 0.4) is 0 Å². The lowest BCUT2D eigenvalue weighted by Crippen LogP contribution is -2.30. The third kappa shape index (κ3) is 5.40. The van der Waals surface area contributed by atoms with Crippen LogP contribution in [0.15, 0.2) is 0 Å². The minimum atomic E-state index is -0.405. The maximum atomic E-state index is 11.2. The van der Waals surface area contributed by atoms with Crippen LogP contribution in [0.25, 0.3) is 0 Å². The molecule has 2 heterocycles. The highest BCUT2D eigenvalue weighted by atomic mass is 16.5. The van der Waals surface area contributed by atoms with E-state index in [9.17, 15) is 19.2 Å². The molecule has 2 aliphatic rings. The van der Waals surface area contributed by atoms with Gasteiger partial charge < -0.3 is 29.6 Å². The first kappa shape index (κ1) is 21.8. The van der Waals surface area contributed by atoms with Gasteiger partial charge in [-0.1, -0.05) is 0 Å². The van der Waals surface area contributed by atoms with Crippen LogP contribution in [0, 0.1) is 23.7 Å². The number of carbonyl (C=O) groups excluding carboxylic acids is 4. The topological polar surface area (TPSA) is 129 Å². The Hall–Kier alpha value is -2.20. The van der Waals surface area contributed by atoms with Crippen molar-refractivity contribution in [3.63, 3.8) is 0 Å². The van der Waals surface area contributed by atoms with E-state index in [2.05, 4.69) is 29.6 Å². The Balaban J connectivity index is 0.000000260. The van der Waals surface area contributed by atoms with Crippen LogP contribution < -0.4 is 10.6 Å². The van der Waals surface area contributed by atoms with E-state index in [1.54, 1.807) is 0 Å². The molecular formula is C16H26N2O8. The molecule has 2 N–H and O–H groups in total. The number of ether oxygens (including phenoxy) is 4. The largest absolute Gasteiger partial charge is 0.469 e. The highest BCUT2D eigenvalue weighted by Crippen LogP contribution is 2.20. The summed E-state index contributed by atoms with van der Waals surface area (Å²) in [7, 11) is 5.26. The van der Waals surface area contributed by atoms with Gasteiger partial charge in [0.1, 0.15) is 0 Å². The zero-order valence-corrected chi connectivity index (χ0v) is 15.4. The Morgan fingerprint density at radius 3 is 0.885 bits per heavy atom. The van der Waals surface area contributed by atoms with Gasteiger partial charge in [-0.25, -0.2) is 0 Å². The van der Waals surface area contributed by atoms with E-state index < -0.39 is 23.7 Å². The highest BCUT2D eigenvalue weighted by Gasteiger charge is 2.40. The Morgan fingerprint density at radius 1 is 0.538 bits per heavy atom. The van der Waals surface area contributed by atoms with E-state index in [0.717, 1.165) is 0 Å². The summed E-state index contributed by atoms with van der Waals surface area (Å²) in [5.41, 5.74) is 0. The summed E-state index contributed by atoms with van der Waals surface area (Å²) in [6.07, 6.45) is 0. The molecule has 10 heteroatoms. The predicted octanol–water partition coefficient (Wildman–Crippen LogP) is -1.66. The molecule has 148 valence electrons. The molecule has 2 saturated heterocycles. The van der Waals surface area contributed by atoms with Gasteiger partial charge >= 0.3 is 23.9 Å². The molecule has 0 aromatic rings. The third-order valence-electron chi connectivity index (χ3n) is 4.44. The summed E-state index contributed by atoms with van der Waals surface area (Å²) in [4.78, 5) is 44.7. The lowest BCUT2D eigenvalue weighted by molar-refractivity contribution is -0.155. The molecule has 2 fully saturated rings. The first-order valence-corrected chi connectivity index (χ1v) is 8.13. The smallest absolute Gasteiger partial charge is 0.310 e. The van der Waals surface area contributed by atoms with Gasteiger partial charge in [0.25, 0.3) is 0 Å². The fraction of sp³-hybridized carbons (Fsp3) is 0.750. The van der Waals surface area contributed by atoms with Gasteiger partial charge in [-0.05, 0) is 0 Å². The average molecular weight is 374 g/mol. The van der Waals surface area contributed by atoms with Crippen LogP contribution in [-0.4, -0.2) is 78.5 Å². The number of esters is 4. The number of hydrogen-bond acceptors (Lipinski definition) is 10. The second kappa shape index (κ2) is 10.7. The Morgan fingerprint density at radius 2 is 0.731 bits per heavy atom. The van der Waals surface area contributed by atoms with Gasteiger partial charge in [0, 0.05) is 26.2 Å². The number of carbonyl (C=O) groups is 4. The summed E-state index contributed by atoms with van der Waals surface area (Å²) < 4.78 is 18.3. The lowest BCUT2D eigenvalue weighted by atomic mass is 9.96. The molecule has 0 bridgehead atoms. The Kier molecular flexibility index (Phi) is 9.00. The molecule has 0 aromatic heterocycles. The highest BCUT2D eigenvalue weighted by molar-refractivity contribution is 5.83. The standard InChI is InChI=1S/2C8H13NO4/c2*1-12-7(10)5-3-9-4-6(5)8(11)13-2/h2*5-6,9H,3-4H2,1-2H3/t2*5-,6-/m10/s1. The van der Waals surface area contributed by atoms with Crippen molar-refractivity contribution in [3.8, 4) is 0 Å². The zero-order valence-electron chi connectivity index (χ0n) is 15.4. The second-order valence-electron chi connectivity index (χ2n) is 5.84. The van der Waals surface area contributed by atoms with Crippen LogP contribution in [0.5, 0.6) is 0 Å². The third-order valence-corrected chi connectivity index (χ3v) is 4.44. The van der Waals surface area contributed by atoms with Gasteiger partial charge in [-0.3, -0.25) is 19.2 Å². The molecule has 0 aromatic carbocycles. The maximum absolute atomic E-state index is 11.2. The van der Waals surface area contributed by atoms with Gasteiger partial charge in [0.15, 0.2) is 0 Å². The predicted molar refractivity (Wildman–Crippen MR) is 87.8 cm³/mol. The summed E-state index contributed by atoms with van der Waals surface area (Å²) in [6.45, 7) is 1.91. The monoisotopic (exact) mass is 374 g/mol. The normalized spacial score (nSPS) is 26.9. The van der Waals surface area contributed by atoms with Crippen molar-refractivity contribution in [1.82, 2.24) is 10.6 Å². The quantitative estimate of drug-likeness (QED) is 0.435. The van der Waals surface area contributed by atoms with E-state index in [-0.39, 0.29) is 23.9 Å². The van der Waals surface area contributed by atoms with Crippen molar-refractivity contribution in [2.24, 2.45) is 23.7 Å². The fourth-order valence-electron chi connectivity index (χ4n) is 2.95. The first-order valence-electron chi connectivity index (χ1n) is 8.13. The Bertz CT molecular complexity index is 434. The SMILES string of the molecule is COC(=O)[C@@H]1CNC[C@H]1C(=O)OC.COC(=O)[C@H]1CNC[C@@H]1C(=O)OC. The molecule has 10 nitrogen and oxygen atoms in total. The molecule has 0 amide bonds. The van der Waals surface area contributed by atoms with Crippen molar-refractivity contribution < 1.29 is 38.1 Å². The van der Waals surface area contributed by atoms with Crippen molar-refractivity contribution >= 4 is 23.9 Å². The number of hydrogen-bond donors (Lipinski definition) is 2. The molecule has 2 rings (SSSR count). The van der Waals surface area contributed by atoms with Crippen molar-refractivity contribution in [1.29, 1.82) is 0 Å². The Labute approximate surface area is 151 Å². The van der Waals surface area contributed by atoms with Crippen LogP contribution in [0.2, 0.25) is 0 Å². The first-order chi connectivity index (χ1) is 12.4. The molecular weight excluding hydrogens is 348 g/mol. The molecule has 4 atom stereocenters. The van der Waals surface area contributed by atoms with Gasteiger partial charge in [0.2, 0.25) is 0 Å². The van der Waals surface area contributed by atoms with E-state index in [0.29, 0.717) is 26.2 Å². The zero-order chi connectivity index (χ0) is 19.7. The lowest BCUT2D eigenvalue weighted by Gasteiger charge is -2.13. The van der Waals surface area contributed by atoms with E-state index >= 15 is 0 Å². The minimum absolute atomic E-state index is 0.361.